The predicted molar refractivity (Wildman–Crippen MR) is 69.8 cm³/mol. The number of hydrogen-bond donors (Lipinski definition) is 5. The van der Waals surface area contributed by atoms with E-state index in [1.54, 1.807) is 0 Å². The summed E-state index contributed by atoms with van der Waals surface area (Å²) in [6.45, 7) is -1.13. The van der Waals surface area contributed by atoms with Crippen LogP contribution in [0.5, 0.6) is 0 Å². The van der Waals surface area contributed by atoms with Gasteiger partial charge in [-0.1, -0.05) is 0 Å². The van der Waals surface area contributed by atoms with E-state index in [-0.39, 0.29) is 0 Å². The molecule has 2 heterocycles. The van der Waals surface area contributed by atoms with Gasteiger partial charge in [0, 0.05) is 18.2 Å². The molecule has 2 rings (SSSR count). The molecule has 0 amide bonds. The maximum atomic E-state index is 11.7. The zero-order valence-electron chi connectivity index (χ0n) is 11.1. The number of rotatable bonds is 5. The molecule has 0 bridgehead atoms. The molecule has 5 N–H and O–H groups in total. The van der Waals surface area contributed by atoms with Crippen LogP contribution in [0.15, 0.2) is 21.9 Å². The lowest BCUT2D eigenvalue weighted by molar-refractivity contribution is -0.0532. The van der Waals surface area contributed by atoms with Crippen LogP contribution in [0.4, 0.5) is 0 Å². The van der Waals surface area contributed by atoms with E-state index < -0.39 is 56.6 Å². The lowest BCUT2D eigenvalue weighted by atomic mass is 9.99. The van der Waals surface area contributed by atoms with Crippen molar-refractivity contribution in [1.82, 2.24) is 9.55 Å². The molecule has 12 heteroatoms. The van der Waals surface area contributed by atoms with Gasteiger partial charge >= 0.3 is 13.5 Å². The molecule has 1 unspecified atom stereocenters. The van der Waals surface area contributed by atoms with Crippen molar-refractivity contribution in [2.45, 2.75) is 18.4 Å². The van der Waals surface area contributed by atoms with Crippen molar-refractivity contribution in [1.29, 1.82) is 0 Å². The molecule has 0 aromatic carbocycles. The van der Waals surface area contributed by atoms with Crippen molar-refractivity contribution in [3.63, 3.8) is 0 Å². The van der Waals surface area contributed by atoms with E-state index in [1.165, 1.54) is 0 Å². The van der Waals surface area contributed by atoms with Crippen LogP contribution < -0.4 is 11.2 Å². The highest BCUT2D eigenvalue weighted by molar-refractivity contribution is 7.46. The molecule has 1 aliphatic rings. The number of nitrogens with one attached hydrogen (secondary N) is 1. The number of hydrogen-bond acceptors (Lipinski definition) is 7. The standard InChI is InChI=1S/C10H15N2O9P/c13-3-5-6(4-20-22(17,18)19)21-9(8(5)15)12-2-1-7(14)11-10(12)16/h1-2,5-6,8-9,13,15H,3-4H2,(H,11,14,16)(H2,17,18,19)/t5-,6-,8-,9?/m1/s1. The van der Waals surface area contributed by atoms with Gasteiger partial charge in [0.1, 0.15) is 6.10 Å². The van der Waals surface area contributed by atoms with Gasteiger partial charge in [-0.05, 0) is 0 Å². The molecule has 1 aromatic heterocycles. The summed E-state index contributed by atoms with van der Waals surface area (Å²) in [7, 11) is -4.74. The number of phosphoric ester groups is 1. The Hall–Kier alpha value is -1.33. The Kier molecular flexibility index (Phi) is 4.97. The van der Waals surface area contributed by atoms with Crippen LogP contribution in [0.3, 0.4) is 0 Å². The lowest BCUT2D eigenvalue weighted by Gasteiger charge is -2.17. The van der Waals surface area contributed by atoms with Crippen LogP contribution in [-0.2, 0) is 13.8 Å². The molecule has 0 spiro atoms. The van der Waals surface area contributed by atoms with E-state index in [0.717, 1.165) is 16.8 Å². The number of aliphatic hydroxyl groups is 2. The average molecular weight is 338 g/mol. The summed E-state index contributed by atoms with van der Waals surface area (Å²) in [6.07, 6.45) is -2.50. The molecule has 124 valence electrons. The molecule has 0 radical (unpaired) electrons. The Labute approximate surface area is 123 Å². The molecule has 4 atom stereocenters. The summed E-state index contributed by atoms with van der Waals surface area (Å²) < 4.78 is 21.3. The van der Waals surface area contributed by atoms with Crippen molar-refractivity contribution < 1.29 is 33.8 Å². The number of nitrogens with zero attached hydrogens (tertiary/aromatic N) is 1. The van der Waals surface area contributed by atoms with Gasteiger partial charge in [-0.3, -0.25) is 18.9 Å². The Morgan fingerprint density at radius 1 is 1.41 bits per heavy atom. The third-order valence-corrected chi connectivity index (χ3v) is 3.75. The first kappa shape index (κ1) is 17.0. The minimum absolute atomic E-state index is 0.551. The molecule has 1 aromatic rings. The second-order valence-corrected chi connectivity index (χ2v) is 5.95. The topological polar surface area (TPSA) is 171 Å². The minimum atomic E-state index is -4.74. The van der Waals surface area contributed by atoms with Crippen LogP contribution in [-0.4, -0.2) is 55.0 Å². The summed E-state index contributed by atoms with van der Waals surface area (Å²) in [4.78, 5) is 42.0. The highest BCUT2D eigenvalue weighted by Gasteiger charge is 2.45. The van der Waals surface area contributed by atoms with Crippen molar-refractivity contribution >= 4 is 7.82 Å². The van der Waals surface area contributed by atoms with Gasteiger partial charge in [-0.25, -0.2) is 9.36 Å². The molecule has 11 nitrogen and oxygen atoms in total. The maximum Gasteiger partial charge on any atom is 0.469 e. The molecule has 0 saturated carbocycles. The normalized spacial score (nSPS) is 28.9. The van der Waals surface area contributed by atoms with Crippen LogP contribution in [0, 0.1) is 5.92 Å². The first-order chi connectivity index (χ1) is 10.2. The summed E-state index contributed by atoms with van der Waals surface area (Å²) >= 11 is 0. The smallest absolute Gasteiger partial charge is 0.396 e. The summed E-state index contributed by atoms with van der Waals surface area (Å²) in [6, 6.07) is 1.05. The average Bonchev–Trinajstić information content (AvgIpc) is 2.72. The fourth-order valence-electron chi connectivity index (χ4n) is 2.21. The Morgan fingerprint density at radius 3 is 2.64 bits per heavy atom. The molecular weight excluding hydrogens is 323 g/mol. The first-order valence-electron chi connectivity index (χ1n) is 6.19. The van der Waals surface area contributed by atoms with Gasteiger partial charge in [0.15, 0.2) is 6.23 Å². The zero-order chi connectivity index (χ0) is 16.5. The highest BCUT2D eigenvalue weighted by atomic mass is 31.2. The largest absolute Gasteiger partial charge is 0.469 e. The number of ether oxygens (including phenoxy) is 1. The SMILES string of the molecule is O=c1ccn(C2O[C@H](COP(=O)(O)O)[C@@H](CO)[C@H]2O)c(=O)[nH]1. The predicted octanol–water partition coefficient (Wildman–Crippen LogP) is -2.49. The van der Waals surface area contributed by atoms with Crippen molar-refractivity contribution in [3.8, 4) is 0 Å². The van der Waals surface area contributed by atoms with E-state index in [1.807, 2.05) is 4.98 Å². The Bertz CT molecular complexity index is 679. The zero-order valence-corrected chi connectivity index (χ0v) is 12.0. The second kappa shape index (κ2) is 6.42. The van der Waals surface area contributed by atoms with E-state index >= 15 is 0 Å². The number of aliphatic hydroxyl groups excluding tert-OH is 2. The number of aromatic amines is 1. The summed E-state index contributed by atoms with van der Waals surface area (Å²) in [5.41, 5.74) is -1.46. The van der Waals surface area contributed by atoms with Gasteiger partial charge in [-0.15, -0.1) is 0 Å². The Balaban J connectivity index is 2.22. The van der Waals surface area contributed by atoms with Crippen LogP contribution in [0.2, 0.25) is 0 Å². The van der Waals surface area contributed by atoms with Gasteiger partial charge in [-0.2, -0.15) is 0 Å². The number of phosphoric acid groups is 1. The molecule has 22 heavy (non-hydrogen) atoms. The first-order valence-corrected chi connectivity index (χ1v) is 7.72. The fraction of sp³-hybridized carbons (Fsp3) is 0.600. The summed E-state index contributed by atoms with van der Waals surface area (Å²) in [5, 5.41) is 19.4. The van der Waals surface area contributed by atoms with Crippen LogP contribution >= 0.6 is 7.82 Å². The highest BCUT2D eigenvalue weighted by Crippen LogP contribution is 2.39. The third kappa shape index (κ3) is 3.70. The van der Waals surface area contributed by atoms with Gasteiger partial charge in [0.05, 0.1) is 19.3 Å². The van der Waals surface area contributed by atoms with Crippen molar-refractivity contribution in [2.24, 2.45) is 5.92 Å². The molecule has 1 fully saturated rings. The number of H-pyrrole nitrogens is 1. The summed E-state index contributed by atoms with van der Waals surface area (Å²) in [5.74, 6) is -0.921. The van der Waals surface area contributed by atoms with Crippen molar-refractivity contribution in [3.05, 3.63) is 33.1 Å². The number of aromatic nitrogens is 2. The fourth-order valence-corrected chi connectivity index (χ4v) is 2.55. The monoisotopic (exact) mass is 338 g/mol. The second-order valence-electron chi connectivity index (χ2n) is 4.71. The molecule has 1 aliphatic heterocycles. The van der Waals surface area contributed by atoms with Crippen LogP contribution in [0.25, 0.3) is 0 Å². The molecule has 1 saturated heterocycles. The minimum Gasteiger partial charge on any atom is -0.396 e. The van der Waals surface area contributed by atoms with Crippen molar-refractivity contribution in [2.75, 3.05) is 13.2 Å². The maximum absolute atomic E-state index is 11.7. The van der Waals surface area contributed by atoms with E-state index in [2.05, 4.69) is 4.52 Å². The van der Waals surface area contributed by atoms with E-state index in [4.69, 9.17) is 14.5 Å². The molecule has 0 aliphatic carbocycles. The van der Waals surface area contributed by atoms with Gasteiger partial charge in [0.2, 0.25) is 0 Å². The lowest BCUT2D eigenvalue weighted by Crippen LogP contribution is -2.36. The van der Waals surface area contributed by atoms with Crippen LogP contribution in [0.1, 0.15) is 6.23 Å². The van der Waals surface area contributed by atoms with E-state index in [9.17, 15) is 24.4 Å². The van der Waals surface area contributed by atoms with Gasteiger partial charge in [0.25, 0.3) is 5.56 Å². The third-order valence-electron chi connectivity index (χ3n) is 3.27. The Morgan fingerprint density at radius 2 is 2.09 bits per heavy atom. The molecular formula is C10H15N2O9P. The quantitative estimate of drug-likeness (QED) is 0.364. The van der Waals surface area contributed by atoms with Gasteiger partial charge < -0.3 is 24.7 Å². The van der Waals surface area contributed by atoms with E-state index in [0.29, 0.717) is 0 Å².